The number of carboxylic acid groups (broad SMARTS) is 1. The second-order valence-corrected chi connectivity index (χ2v) is 5.75. The maximum Gasteiger partial charge on any atom is 0.326 e. The Morgan fingerprint density at radius 1 is 1.48 bits per heavy atom. The predicted molar refractivity (Wildman–Crippen MR) is 78.5 cm³/mol. The fraction of sp³-hybridized carbons (Fsp3) is 0.467. The van der Waals surface area contributed by atoms with Crippen LogP contribution < -0.4 is 4.74 Å². The molecule has 0 saturated carbocycles. The van der Waals surface area contributed by atoms with Crippen molar-refractivity contribution in [3.05, 3.63) is 29.3 Å². The van der Waals surface area contributed by atoms with Gasteiger partial charge in [-0.2, -0.15) is 0 Å². The van der Waals surface area contributed by atoms with E-state index in [-0.39, 0.29) is 12.5 Å². The van der Waals surface area contributed by atoms with Crippen LogP contribution in [-0.4, -0.2) is 41.1 Å². The summed E-state index contributed by atoms with van der Waals surface area (Å²) in [4.78, 5) is 24.9. The van der Waals surface area contributed by atoms with E-state index in [1.165, 1.54) is 4.90 Å². The fourth-order valence-electron chi connectivity index (χ4n) is 2.46. The lowest BCUT2D eigenvalue weighted by Gasteiger charge is -2.35. The van der Waals surface area contributed by atoms with Crippen LogP contribution in [0.5, 0.6) is 5.75 Å². The summed E-state index contributed by atoms with van der Waals surface area (Å²) in [5.74, 6) is -0.468. The zero-order chi connectivity index (χ0) is 15.4. The first-order valence-electron chi connectivity index (χ1n) is 6.88. The second kappa shape index (κ2) is 6.80. The van der Waals surface area contributed by atoms with E-state index in [0.717, 1.165) is 6.42 Å². The summed E-state index contributed by atoms with van der Waals surface area (Å²) in [6.07, 6.45) is 1.30. The van der Waals surface area contributed by atoms with Crippen LogP contribution in [0.25, 0.3) is 0 Å². The Bertz CT molecular complexity index is 534. The summed E-state index contributed by atoms with van der Waals surface area (Å²) >= 11 is 5.84. The molecule has 6 heteroatoms. The van der Waals surface area contributed by atoms with Crippen molar-refractivity contribution in [1.29, 1.82) is 0 Å². The third-order valence-corrected chi connectivity index (χ3v) is 3.86. The Hall–Kier alpha value is -1.75. The number of hydrogen-bond acceptors (Lipinski definition) is 3. The minimum atomic E-state index is -0.961. The van der Waals surface area contributed by atoms with Crippen molar-refractivity contribution >= 4 is 23.5 Å². The molecule has 2 atom stereocenters. The Morgan fingerprint density at radius 2 is 2.24 bits per heavy atom. The highest BCUT2D eigenvalue weighted by molar-refractivity contribution is 6.30. The number of hydrogen-bond donors (Lipinski definition) is 1. The van der Waals surface area contributed by atoms with Crippen molar-refractivity contribution in [2.45, 2.75) is 25.8 Å². The molecular formula is C15H18ClNO4. The molecule has 1 aliphatic heterocycles. The van der Waals surface area contributed by atoms with Gasteiger partial charge in [0.1, 0.15) is 11.8 Å². The number of amides is 1. The number of carboxylic acids is 1. The predicted octanol–water partition coefficient (Wildman–Crippen LogP) is 2.43. The SMILES string of the molecule is CC1CCN(C(=O)COc2cccc(Cl)c2)C(C(=O)O)C1. The normalized spacial score (nSPS) is 21.9. The molecule has 1 fully saturated rings. The number of nitrogens with zero attached hydrogens (tertiary/aromatic N) is 1. The Labute approximate surface area is 128 Å². The van der Waals surface area contributed by atoms with E-state index in [1.54, 1.807) is 24.3 Å². The number of rotatable bonds is 4. The van der Waals surface area contributed by atoms with Crippen LogP contribution in [0.2, 0.25) is 5.02 Å². The molecule has 114 valence electrons. The van der Waals surface area contributed by atoms with E-state index in [2.05, 4.69) is 0 Å². The van der Waals surface area contributed by atoms with Gasteiger partial charge in [0, 0.05) is 11.6 Å². The fourth-order valence-corrected chi connectivity index (χ4v) is 2.64. The minimum Gasteiger partial charge on any atom is -0.484 e. The molecule has 0 radical (unpaired) electrons. The number of carbonyl (C=O) groups excluding carboxylic acids is 1. The van der Waals surface area contributed by atoms with Crippen LogP contribution in [-0.2, 0) is 9.59 Å². The minimum absolute atomic E-state index is 0.182. The van der Waals surface area contributed by atoms with Crippen molar-refractivity contribution in [2.24, 2.45) is 5.92 Å². The number of likely N-dealkylation sites (tertiary alicyclic amines) is 1. The second-order valence-electron chi connectivity index (χ2n) is 5.32. The molecule has 5 nitrogen and oxygen atoms in total. The van der Waals surface area contributed by atoms with Gasteiger partial charge >= 0.3 is 5.97 Å². The highest BCUT2D eigenvalue weighted by Crippen LogP contribution is 2.23. The first-order chi connectivity index (χ1) is 9.97. The van der Waals surface area contributed by atoms with E-state index in [0.29, 0.717) is 29.7 Å². The summed E-state index contributed by atoms with van der Waals surface area (Å²) in [6, 6.07) is 5.99. The van der Waals surface area contributed by atoms with Crippen molar-refractivity contribution in [2.75, 3.05) is 13.2 Å². The number of carbonyl (C=O) groups is 2. The number of benzene rings is 1. The van der Waals surface area contributed by atoms with Crippen LogP contribution >= 0.6 is 11.6 Å². The Morgan fingerprint density at radius 3 is 2.90 bits per heavy atom. The van der Waals surface area contributed by atoms with E-state index in [9.17, 15) is 14.7 Å². The van der Waals surface area contributed by atoms with E-state index in [1.807, 2.05) is 6.92 Å². The third kappa shape index (κ3) is 4.11. The van der Waals surface area contributed by atoms with Gasteiger partial charge in [0.2, 0.25) is 0 Å². The largest absolute Gasteiger partial charge is 0.484 e. The lowest BCUT2D eigenvalue weighted by Crippen LogP contribution is -2.51. The molecule has 0 spiro atoms. The van der Waals surface area contributed by atoms with E-state index in [4.69, 9.17) is 16.3 Å². The molecule has 0 bridgehead atoms. The van der Waals surface area contributed by atoms with Gasteiger partial charge in [-0.25, -0.2) is 4.79 Å². The molecule has 1 saturated heterocycles. The summed E-state index contributed by atoms with van der Waals surface area (Å²) in [5.41, 5.74) is 0. The standard InChI is InChI=1S/C15H18ClNO4/c1-10-5-6-17(13(7-10)15(19)20)14(18)9-21-12-4-2-3-11(16)8-12/h2-4,8,10,13H,5-7,9H2,1H3,(H,19,20). The molecule has 1 aromatic rings. The molecule has 1 aliphatic rings. The Kier molecular flexibility index (Phi) is 5.07. The van der Waals surface area contributed by atoms with E-state index < -0.39 is 12.0 Å². The smallest absolute Gasteiger partial charge is 0.326 e. The first-order valence-corrected chi connectivity index (χ1v) is 7.26. The van der Waals surface area contributed by atoms with Crippen molar-refractivity contribution < 1.29 is 19.4 Å². The number of halogens is 1. The zero-order valence-corrected chi connectivity index (χ0v) is 12.5. The third-order valence-electron chi connectivity index (χ3n) is 3.63. The quantitative estimate of drug-likeness (QED) is 0.927. The van der Waals surface area contributed by atoms with E-state index >= 15 is 0 Å². The molecule has 1 N–H and O–H groups in total. The monoisotopic (exact) mass is 311 g/mol. The van der Waals surface area contributed by atoms with Gasteiger partial charge in [0.05, 0.1) is 0 Å². The summed E-state index contributed by atoms with van der Waals surface area (Å²) < 4.78 is 5.39. The Balaban J connectivity index is 1.97. The number of piperidine rings is 1. The molecule has 0 aliphatic carbocycles. The van der Waals surface area contributed by atoms with Crippen LogP contribution in [0.1, 0.15) is 19.8 Å². The zero-order valence-electron chi connectivity index (χ0n) is 11.8. The molecule has 2 rings (SSSR count). The number of aliphatic carboxylic acids is 1. The average Bonchev–Trinajstić information content (AvgIpc) is 2.44. The summed E-state index contributed by atoms with van der Waals surface area (Å²) in [5, 5.41) is 9.77. The summed E-state index contributed by atoms with van der Waals surface area (Å²) in [7, 11) is 0. The summed E-state index contributed by atoms with van der Waals surface area (Å²) in [6.45, 7) is 2.27. The maximum absolute atomic E-state index is 12.2. The van der Waals surface area contributed by atoms with Gasteiger partial charge in [-0.1, -0.05) is 24.6 Å². The molecular weight excluding hydrogens is 294 g/mol. The van der Waals surface area contributed by atoms with Gasteiger partial charge in [-0.15, -0.1) is 0 Å². The van der Waals surface area contributed by atoms with Crippen LogP contribution in [0, 0.1) is 5.92 Å². The lowest BCUT2D eigenvalue weighted by atomic mass is 9.92. The van der Waals surface area contributed by atoms with Crippen LogP contribution in [0.4, 0.5) is 0 Å². The van der Waals surface area contributed by atoms with Crippen molar-refractivity contribution in [3.8, 4) is 5.75 Å². The highest BCUT2D eigenvalue weighted by atomic mass is 35.5. The van der Waals surface area contributed by atoms with Gasteiger partial charge in [-0.3, -0.25) is 4.79 Å². The molecule has 0 aromatic heterocycles. The molecule has 1 heterocycles. The lowest BCUT2D eigenvalue weighted by molar-refractivity contribution is -0.153. The van der Waals surface area contributed by atoms with Gasteiger partial charge in [0.15, 0.2) is 6.61 Å². The van der Waals surface area contributed by atoms with Crippen molar-refractivity contribution in [1.82, 2.24) is 4.90 Å². The molecule has 21 heavy (non-hydrogen) atoms. The van der Waals surface area contributed by atoms with Crippen LogP contribution in [0.15, 0.2) is 24.3 Å². The van der Waals surface area contributed by atoms with Crippen LogP contribution in [0.3, 0.4) is 0 Å². The number of ether oxygens (including phenoxy) is 1. The van der Waals surface area contributed by atoms with Gasteiger partial charge in [0.25, 0.3) is 5.91 Å². The average molecular weight is 312 g/mol. The maximum atomic E-state index is 12.2. The van der Waals surface area contributed by atoms with Gasteiger partial charge in [-0.05, 0) is 37.0 Å². The van der Waals surface area contributed by atoms with Gasteiger partial charge < -0.3 is 14.7 Å². The van der Waals surface area contributed by atoms with Crippen molar-refractivity contribution in [3.63, 3.8) is 0 Å². The highest BCUT2D eigenvalue weighted by Gasteiger charge is 2.34. The molecule has 2 unspecified atom stereocenters. The molecule has 1 aromatic carbocycles. The first kappa shape index (κ1) is 15.6. The molecule has 1 amide bonds. The topological polar surface area (TPSA) is 66.8 Å².